The maximum absolute atomic E-state index is 8.38. The highest BCUT2D eigenvalue weighted by molar-refractivity contribution is 4.94. The smallest absolute Gasteiger partial charge is 0.107 e. The van der Waals surface area contributed by atoms with E-state index in [9.17, 15) is 0 Å². The van der Waals surface area contributed by atoms with Crippen molar-refractivity contribution in [2.45, 2.75) is 13.8 Å². The zero-order valence-corrected chi connectivity index (χ0v) is 4.02. The lowest BCUT2D eigenvalue weighted by Gasteiger charge is -1.87. The SMILES string of the molecule is C/C(N)=C(\C)O. The summed E-state index contributed by atoms with van der Waals surface area (Å²) in [4.78, 5) is 0. The van der Waals surface area contributed by atoms with E-state index in [4.69, 9.17) is 10.8 Å². The van der Waals surface area contributed by atoms with Crippen molar-refractivity contribution in [3.05, 3.63) is 11.5 Å². The second-order valence-corrected chi connectivity index (χ2v) is 1.27. The maximum atomic E-state index is 8.38. The minimum atomic E-state index is 0.204. The number of hydrogen-bond acceptors (Lipinski definition) is 2. The summed E-state index contributed by atoms with van der Waals surface area (Å²) in [5.41, 5.74) is 5.55. The Bertz CT molecular complexity index is 57.6. The molecule has 0 unspecified atom stereocenters. The summed E-state index contributed by atoms with van der Waals surface area (Å²) < 4.78 is 0. The van der Waals surface area contributed by atoms with E-state index in [1.165, 1.54) is 0 Å². The molecule has 2 heteroatoms. The molecule has 0 saturated heterocycles. The van der Waals surface area contributed by atoms with Gasteiger partial charge in [-0.3, -0.25) is 0 Å². The summed E-state index contributed by atoms with van der Waals surface area (Å²) in [6, 6.07) is 0. The zero-order valence-electron chi connectivity index (χ0n) is 4.02. The highest BCUT2D eigenvalue weighted by Gasteiger charge is 1.79. The molecule has 0 aliphatic carbocycles. The molecule has 0 rings (SSSR count). The topological polar surface area (TPSA) is 46.2 Å². The minimum Gasteiger partial charge on any atom is -0.511 e. The molecule has 0 heterocycles. The summed E-state index contributed by atoms with van der Waals surface area (Å²) in [6.07, 6.45) is 0. The molecule has 6 heavy (non-hydrogen) atoms. The summed E-state index contributed by atoms with van der Waals surface area (Å²) in [5, 5.41) is 8.38. The van der Waals surface area contributed by atoms with E-state index in [1.54, 1.807) is 13.8 Å². The quantitative estimate of drug-likeness (QED) is 0.428. The molecule has 0 amide bonds. The molecular formula is C4H9NO. The van der Waals surface area contributed by atoms with E-state index in [0.717, 1.165) is 0 Å². The van der Waals surface area contributed by atoms with Gasteiger partial charge < -0.3 is 10.8 Å². The summed E-state index contributed by atoms with van der Waals surface area (Å²) >= 11 is 0. The lowest BCUT2D eigenvalue weighted by molar-refractivity contribution is 0.406. The summed E-state index contributed by atoms with van der Waals surface area (Å²) in [7, 11) is 0. The van der Waals surface area contributed by atoms with Crippen molar-refractivity contribution in [2.75, 3.05) is 0 Å². The average molecular weight is 87.1 g/mol. The fourth-order valence-electron chi connectivity index (χ4n) is 0. The van der Waals surface area contributed by atoms with E-state index in [2.05, 4.69) is 0 Å². The largest absolute Gasteiger partial charge is 0.511 e. The Balaban J connectivity index is 3.68. The molecule has 3 N–H and O–H groups in total. The van der Waals surface area contributed by atoms with Crippen molar-refractivity contribution in [3.63, 3.8) is 0 Å². The van der Waals surface area contributed by atoms with Gasteiger partial charge in [-0.1, -0.05) is 0 Å². The number of nitrogens with two attached hydrogens (primary N) is 1. The Hall–Kier alpha value is -0.660. The van der Waals surface area contributed by atoms with Crippen LogP contribution in [-0.2, 0) is 0 Å². The first-order chi connectivity index (χ1) is 2.64. The molecule has 0 aromatic rings. The van der Waals surface area contributed by atoms with Gasteiger partial charge in [0, 0.05) is 5.70 Å². The molecule has 0 bridgehead atoms. The van der Waals surface area contributed by atoms with Crippen LogP contribution in [0, 0.1) is 0 Å². The third-order valence-corrected chi connectivity index (χ3v) is 0.571. The molecule has 0 aliphatic rings. The van der Waals surface area contributed by atoms with Gasteiger partial charge in [-0.2, -0.15) is 0 Å². The van der Waals surface area contributed by atoms with Crippen molar-refractivity contribution >= 4 is 0 Å². The van der Waals surface area contributed by atoms with Gasteiger partial charge in [0.25, 0.3) is 0 Å². The van der Waals surface area contributed by atoms with Gasteiger partial charge in [-0.15, -0.1) is 0 Å². The number of hydrogen-bond donors (Lipinski definition) is 2. The Morgan fingerprint density at radius 2 is 1.67 bits per heavy atom. The van der Waals surface area contributed by atoms with Crippen LogP contribution in [0.4, 0.5) is 0 Å². The predicted octanol–water partition coefficient (Wildman–Crippen LogP) is 0.755. The molecule has 0 atom stereocenters. The molecule has 0 spiro atoms. The van der Waals surface area contributed by atoms with Crippen molar-refractivity contribution in [3.8, 4) is 0 Å². The van der Waals surface area contributed by atoms with Crippen LogP contribution in [0.15, 0.2) is 11.5 Å². The fraction of sp³-hybridized carbons (Fsp3) is 0.500. The van der Waals surface area contributed by atoms with Crippen LogP contribution in [0.25, 0.3) is 0 Å². The minimum absolute atomic E-state index is 0.204. The van der Waals surface area contributed by atoms with Crippen LogP contribution in [0.5, 0.6) is 0 Å². The van der Waals surface area contributed by atoms with E-state index in [1.807, 2.05) is 0 Å². The van der Waals surface area contributed by atoms with E-state index < -0.39 is 0 Å². The molecule has 0 aromatic carbocycles. The normalized spacial score (nSPS) is 13.7. The summed E-state index contributed by atoms with van der Waals surface area (Å²) in [6.45, 7) is 3.20. The molecule has 0 aromatic heterocycles. The first kappa shape index (κ1) is 5.34. The van der Waals surface area contributed by atoms with Crippen LogP contribution < -0.4 is 5.73 Å². The van der Waals surface area contributed by atoms with Gasteiger partial charge in [0.05, 0.1) is 0 Å². The molecule has 0 fully saturated rings. The first-order valence-electron chi connectivity index (χ1n) is 1.76. The molecule has 2 nitrogen and oxygen atoms in total. The second-order valence-electron chi connectivity index (χ2n) is 1.27. The number of aliphatic hydroxyl groups is 1. The maximum Gasteiger partial charge on any atom is 0.107 e. The lowest BCUT2D eigenvalue weighted by Crippen LogP contribution is -1.93. The van der Waals surface area contributed by atoms with Crippen LogP contribution in [0.2, 0.25) is 0 Å². The molecule has 0 aliphatic heterocycles. The Kier molecular flexibility index (Phi) is 1.51. The fourth-order valence-corrected chi connectivity index (χ4v) is 0. The van der Waals surface area contributed by atoms with Crippen LogP contribution in [0.1, 0.15) is 13.8 Å². The van der Waals surface area contributed by atoms with Crippen molar-refractivity contribution in [1.82, 2.24) is 0 Å². The van der Waals surface area contributed by atoms with E-state index >= 15 is 0 Å². The van der Waals surface area contributed by atoms with Crippen molar-refractivity contribution in [2.24, 2.45) is 5.73 Å². The number of allylic oxidation sites excluding steroid dienone is 2. The van der Waals surface area contributed by atoms with Crippen LogP contribution in [-0.4, -0.2) is 5.11 Å². The predicted molar refractivity (Wildman–Crippen MR) is 25.2 cm³/mol. The lowest BCUT2D eigenvalue weighted by atomic mass is 10.4. The van der Waals surface area contributed by atoms with E-state index in [0.29, 0.717) is 5.70 Å². The average Bonchev–Trinajstić information content (AvgIpc) is 1.36. The van der Waals surface area contributed by atoms with Gasteiger partial charge in [0.15, 0.2) is 0 Å². The van der Waals surface area contributed by atoms with Crippen LogP contribution >= 0.6 is 0 Å². The second kappa shape index (κ2) is 1.70. The van der Waals surface area contributed by atoms with Gasteiger partial charge in [0.2, 0.25) is 0 Å². The van der Waals surface area contributed by atoms with Gasteiger partial charge in [0.1, 0.15) is 5.76 Å². The number of rotatable bonds is 0. The standard InChI is InChI=1S/C4H9NO/c1-3(5)4(2)6/h6H,5H2,1-2H3/b4-3-. The van der Waals surface area contributed by atoms with Gasteiger partial charge in [-0.25, -0.2) is 0 Å². The van der Waals surface area contributed by atoms with Crippen LogP contribution in [0.3, 0.4) is 0 Å². The third-order valence-electron chi connectivity index (χ3n) is 0.571. The molecule has 0 radical (unpaired) electrons. The van der Waals surface area contributed by atoms with Gasteiger partial charge >= 0.3 is 0 Å². The van der Waals surface area contributed by atoms with E-state index in [-0.39, 0.29) is 5.76 Å². The summed E-state index contributed by atoms with van der Waals surface area (Å²) in [5.74, 6) is 0.204. The zero-order chi connectivity index (χ0) is 5.15. The Morgan fingerprint density at radius 1 is 1.50 bits per heavy atom. The Labute approximate surface area is 37.3 Å². The number of aliphatic hydroxyl groups excluding tert-OH is 1. The first-order valence-corrected chi connectivity index (χ1v) is 1.76. The highest BCUT2D eigenvalue weighted by atomic mass is 16.3. The molecule has 36 valence electrons. The van der Waals surface area contributed by atoms with Crippen molar-refractivity contribution in [1.29, 1.82) is 0 Å². The van der Waals surface area contributed by atoms with Gasteiger partial charge in [-0.05, 0) is 13.8 Å². The molecule has 0 saturated carbocycles. The molecular weight excluding hydrogens is 78.0 g/mol. The third kappa shape index (κ3) is 1.64. The Morgan fingerprint density at radius 3 is 1.67 bits per heavy atom. The highest BCUT2D eigenvalue weighted by Crippen LogP contribution is 1.86. The van der Waals surface area contributed by atoms with Crippen molar-refractivity contribution < 1.29 is 5.11 Å². The monoisotopic (exact) mass is 87.1 g/mol.